The lowest BCUT2D eigenvalue weighted by molar-refractivity contribution is -0.384. The van der Waals surface area contributed by atoms with Gasteiger partial charge in [0.15, 0.2) is 0 Å². The van der Waals surface area contributed by atoms with E-state index in [1.807, 2.05) is 0 Å². The van der Waals surface area contributed by atoms with Gasteiger partial charge < -0.3 is 10.1 Å². The third-order valence-electron chi connectivity index (χ3n) is 2.73. The van der Waals surface area contributed by atoms with E-state index in [4.69, 9.17) is 4.74 Å². The summed E-state index contributed by atoms with van der Waals surface area (Å²) in [6.07, 6.45) is -0.624. The monoisotopic (exact) mass is 359 g/mol. The molecular formula is C14H21N3O6S. The molecule has 0 heterocycles. The largest absolute Gasteiger partial charge is 0.444 e. The third kappa shape index (κ3) is 7.49. The maximum Gasteiger partial charge on any atom is 0.407 e. The third-order valence-corrected chi connectivity index (χ3v) is 3.48. The van der Waals surface area contributed by atoms with Crippen LogP contribution in [0.25, 0.3) is 0 Å². The average Bonchev–Trinajstić information content (AvgIpc) is 2.44. The summed E-state index contributed by atoms with van der Waals surface area (Å²) in [6.45, 7) is 5.37. The van der Waals surface area contributed by atoms with Crippen molar-refractivity contribution in [3.63, 3.8) is 0 Å². The molecule has 0 aliphatic rings. The molecule has 0 aromatic heterocycles. The second-order valence-corrected chi connectivity index (χ2v) is 6.93. The van der Waals surface area contributed by atoms with Gasteiger partial charge in [0.2, 0.25) is 11.3 Å². The fraction of sp³-hybridized carbons (Fsp3) is 0.500. The van der Waals surface area contributed by atoms with Crippen molar-refractivity contribution in [2.24, 2.45) is 0 Å². The van der Waals surface area contributed by atoms with E-state index < -0.39 is 27.9 Å². The molecule has 0 saturated carbocycles. The van der Waals surface area contributed by atoms with Crippen molar-refractivity contribution in [2.75, 3.05) is 13.1 Å². The molecule has 2 N–H and O–H groups in total. The van der Waals surface area contributed by atoms with Crippen LogP contribution in [0.5, 0.6) is 0 Å². The first kappa shape index (κ1) is 20.0. The van der Waals surface area contributed by atoms with E-state index in [1.54, 1.807) is 26.8 Å². The topological polar surface area (TPSA) is 122 Å². The molecule has 0 aliphatic carbocycles. The molecule has 1 unspecified atom stereocenters. The molecule has 0 bridgehead atoms. The van der Waals surface area contributed by atoms with Gasteiger partial charge >= 0.3 is 6.09 Å². The summed E-state index contributed by atoms with van der Waals surface area (Å²) in [6, 6.07) is 5.80. The lowest BCUT2D eigenvalue weighted by Gasteiger charge is -2.21. The molecule has 1 aromatic rings. The molecule has 0 radical (unpaired) electrons. The van der Waals surface area contributed by atoms with Gasteiger partial charge in [0, 0.05) is 31.8 Å². The highest BCUT2D eigenvalue weighted by atomic mass is 32.2. The van der Waals surface area contributed by atoms with E-state index in [9.17, 15) is 23.7 Å². The minimum absolute atomic E-state index is 0.0286. The summed E-state index contributed by atoms with van der Waals surface area (Å²) in [5.41, 5.74) is -0.209. The van der Waals surface area contributed by atoms with Crippen LogP contribution in [-0.2, 0) is 22.5 Å². The maximum atomic E-state index is 11.5. The van der Waals surface area contributed by atoms with Crippen LogP contribution in [0, 0.1) is 10.1 Å². The second-order valence-electron chi connectivity index (χ2n) is 5.95. The van der Waals surface area contributed by atoms with Crippen molar-refractivity contribution in [3.8, 4) is 0 Å². The summed E-state index contributed by atoms with van der Waals surface area (Å²) in [4.78, 5) is 21.7. The molecule has 1 atom stereocenters. The number of non-ortho nitro benzene ring substituents is 1. The Labute approximate surface area is 142 Å². The average molecular weight is 359 g/mol. The van der Waals surface area contributed by atoms with Gasteiger partial charge in [0.05, 0.1) is 4.92 Å². The van der Waals surface area contributed by atoms with Gasteiger partial charge in [-0.25, -0.2) is 9.00 Å². The predicted octanol–water partition coefficient (Wildman–Crippen LogP) is 2.06. The van der Waals surface area contributed by atoms with Gasteiger partial charge in [-0.05, 0) is 26.3 Å². The Morgan fingerprint density at radius 3 is 2.67 bits per heavy atom. The van der Waals surface area contributed by atoms with E-state index in [2.05, 4.69) is 5.32 Å². The van der Waals surface area contributed by atoms with E-state index in [0.717, 1.165) is 4.31 Å². The first-order chi connectivity index (χ1) is 11.1. The zero-order valence-corrected chi connectivity index (χ0v) is 14.5. The standard InChI is InChI=1S/C14H21N3O6S/c1-14(2,3)23-13(18)15-7-8-16(24(21)22)10-11-5-4-6-12(9-11)17(19)20/h4-6,9H,7-8,10H2,1-3H3,(H,15,18)(H,21,22). The van der Waals surface area contributed by atoms with E-state index in [1.165, 1.54) is 18.2 Å². The second kappa shape index (κ2) is 8.71. The predicted molar refractivity (Wildman–Crippen MR) is 88.5 cm³/mol. The summed E-state index contributed by atoms with van der Waals surface area (Å²) in [7, 11) is 0. The van der Waals surface area contributed by atoms with Gasteiger partial charge in [0.1, 0.15) is 5.60 Å². The van der Waals surface area contributed by atoms with Crippen LogP contribution in [0.4, 0.5) is 10.5 Å². The number of alkyl carbamates (subject to hydrolysis) is 1. The van der Waals surface area contributed by atoms with Crippen LogP contribution in [0.3, 0.4) is 0 Å². The van der Waals surface area contributed by atoms with Gasteiger partial charge in [-0.2, -0.15) is 4.31 Å². The Morgan fingerprint density at radius 2 is 2.12 bits per heavy atom. The van der Waals surface area contributed by atoms with Crippen LogP contribution < -0.4 is 5.32 Å². The normalized spacial score (nSPS) is 12.7. The number of hydrogen-bond donors (Lipinski definition) is 2. The molecular weight excluding hydrogens is 338 g/mol. The Morgan fingerprint density at radius 1 is 1.46 bits per heavy atom. The van der Waals surface area contributed by atoms with Crippen LogP contribution >= 0.6 is 0 Å². The molecule has 0 aliphatic heterocycles. The van der Waals surface area contributed by atoms with Crippen molar-refractivity contribution in [3.05, 3.63) is 39.9 Å². The molecule has 134 valence electrons. The van der Waals surface area contributed by atoms with Gasteiger partial charge in [0.25, 0.3) is 5.69 Å². The van der Waals surface area contributed by atoms with Crippen LogP contribution in [0.2, 0.25) is 0 Å². The van der Waals surface area contributed by atoms with Crippen molar-refractivity contribution in [1.82, 2.24) is 9.62 Å². The van der Waals surface area contributed by atoms with Gasteiger partial charge in [-0.1, -0.05) is 12.1 Å². The number of nitrogens with zero attached hydrogens (tertiary/aromatic N) is 2. The lowest BCUT2D eigenvalue weighted by atomic mass is 10.2. The number of benzene rings is 1. The number of carbonyl (C=O) groups is 1. The minimum Gasteiger partial charge on any atom is -0.444 e. The van der Waals surface area contributed by atoms with Gasteiger partial charge in [-0.15, -0.1) is 0 Å². The van der Waals surface area contributed by atoms with E-state index in [0.29, 0.717) is 5.56 Å². The number of amides is 1. The molecule has 10 heteroatoms. The number of ether oxygens (including phenoxy) is 1. The smallest absolute Gasteiger partial charge is 0.407 e. The zero-order chi connectivity index (χ0) is 18.3. The summed E-state index contributed by atoms with van der Waals surface area (Å²) in [5, 5.41) is 13.2. The molecule has 1 amide bonds. The lowest BCUT2D eigenvalue weighted by Crippen LogP contribution is -2.38. The van der Waals surface area contributed by atoms with E-state index in [-0.39, 0.29) is 25.3 Å². The highest BCUT2D eigenvalue weighted by molar-refractivity contribution is 7.76. The molecule has 1 aromatic carbocycles. The number of nitro benzene ring substituents is 1. The Hall–Kier alpha value is -2.04. The van der Waals surface area contributed by atoms with Crippen molar-refractivity contribution in [2.45, 2.75) is 32.9 Å². The molecule has 0 saturated heterocycles. The highest BCUT2D eigenvalue weighted by Gasteiger charge is 2.17. The quantitative estimate of drug-likeness (QED) is 0.436. The first-order valence-corrected chi connectivity index (χ1v) is 8.21. The van der Waals surface area contributed by atoms with Gasteiger partial charge in [-0.3, -0.25) is 14.7 Å². The van der Waals surface area contributed by atoms with E-state index >= 15 is 0 Å². The zero-order valence-electron chi connectivity index (χ0n) is 13.7. The van der Waals surface area contributed by atoms with Crippen LogP contribution in [0.15, 0.2) is 24.3 Å². The maximum absolute atomic E-state index is 11.5. The Kier molecular flexibility index (Phi) is 7.26. The number of carbonyl (C=O) groups excluding carboxylic acids is 1. The van der Waals surface area contributed by atoms with Crippen molar-refractivity contribution < 1.29 is 23.2 Å². The Bertz CT molecular complexity index is 617. The fourth-order valence-corrected chi connectivity index (χ4v) is 2.29. The highest BCUT2D eigenvalue weighted by Crippen LogP contribution is 2.15. The number of nitrogens with one attached hydrogen (secondary N) is 1. The number of rotatable bonds is 7. The first-order valence-electron chi connectivity index (χ1n) is 7.14. The molecule has 0 spiro atoms. The minimum atomic E-state index is -2.28. The Balaban J connectivity index is 2.59. The number of hydrogen-bond acceptors (Lipinski definition) is 5. The fourth-order valence-electron chi connectivity index (χ4n) is 1.78. The molecule has 0 fully saturated rings. The summed E-state index contributed by atoms with van der Waals surface area (Å²) in [5.74, 6) is 0. The van der Waals surface area contributed by atoms with Crippen molar-refractivity contribution >= 4 is 23.0 Å². The van der Waals surface area contributed by atoms with Crippen LogP contribution in [0.1, 0.15) is 26.3 Å². The molecule has 24 heavy (non-hydrogen) atoms. The SMILES string of the molecule is CC(C)(C)OC(=O)NCCN(Cc1cccc([N+](=O)[O-])c1)S(=O)O. The van der Waals surface area contributed by atoms with Crippen LogP contribution in [-0.4, -0.2) is 42.8 Å². The number of nitro groups is 1. The summed E-state index contributed by atoms with van der Waals surface area (Å²) >= 11 is -2.28. The molecule has 9 nitrogen and oxygen atoms in total. The summed E-state index contributed by atoms with van der Waals surface area (Å²) < 4.78 is 26.9. The van der Waals surface area contributed by atoms with Crippen molar-refractivity contribution in [1.29, 1.82) is 0 Å². The molecule has 1 rings (SSSR count).